The van der Waals surface area contributed by atoms with Crippen LogP contribution in [0.1, 0.15) is 17.5 Å². The Bertz CT molecular complexity index is 673. The summed E-state index contributed by atoms with van der Waals surface area (Å²) in [6.45, 7) is 0. The number of hydrogen-bond donors (Lipinski definition) is 2. The maximum Gasteiger partial charge on any atom is 0.326 e. The van der Waals surface area contributed by atoms with E-state index in [1.165, 1.54) is 18.2 Å². The van der Waals surface area contributed by atoms with Crippen LogP contribution in [0.4, 0.5) is 4.39 Å². The quantitative estimate of drug-likeness (QED) is 0.825. The molecule has 0 saturated heterocycles. The van der Waals surface area contributed by atoms with E-state index in [4.69, 9.17) is 0 Å². The van der Waals surface area contributed by atoms with Crippen molar-refractivity contribution in [2.24, 2.45) is 0 Å². The van der Waals surface area contributed by atoms with Crippen molar-refractivity contribution in [1.82, 2.24) is 5.32 Å². The number of benzene rings is 2. The number of hydrogen-bond acceptors (Lipinski definition) is 2. The predicted molar refractivity (Wildman–Crippen MR) is 84.4 cm³/mol. The predicted octanol–water partition coefficient (Wildman–Crippen LogP) is 2.57. The van der Waals surface area contributed by atoms with E-state index in [2.05, 4.69) is 5.32 Å². The van der Waals surface area contributed by atoms with Crippen molar-refractivity contribution in [3.8, 4) is 0 Å². The molecule has 0 aliphatic rings. The minimum atomic E-state index is -1.14. The molecule has 2 N–H and O–H groups in total. The summed E-state index contributed by atoms with van der Waals surface area (Å²) < 4.78 is 13.2. The van der Waals surface area contributed by atoms with Crippen LogP contribution in [0.2, 0.25) is 0 Å². The van der Waals surface area contributed by atoms with E-state index in [-0.39, 0.29) is 18.7 Å². The Labute approximate surface area is 134 Å². The highest BCUT2D eigenvalue weighted by molar-refractivity contribution is 5.83. The molecule has 0 radical (unpaired) electrons. The molecule has 0 fully saturated rings. The van der Waals surface area contributed by atoms with Crippen LogP contribution in [0.5, 0.6) is 0 Å². The van der Waals surface area contributed by atoms with E-state index in [9.17, 15) is 19.1 Å². The van der Waals surface area contributed by atoms with E-state index in [1.54, 1.807) is 6.07 Å². The summed E-state index contributed by atoms with van der Waals surface area (Å²) in [5, 5.41) is 11.7. The largest absolute Gasteiger partial charge is 0.480 e. The van der Waals surface area contributed by atoms with Crippen LogP contribution in [0.15, 0.2) is 54.6 Å². The second kappa shape index (κ2) is 8.08. The standard InChI is InChI=1S/C18H18FNO3/c19-15-8-4-7-14(11-15)12-16(18(22)23)20-17(21)10-9-13-5-2-1-3-6-13/h1-8,11,16H,9-10,12H2,(H,20,21)(H,22,23)/t16-/m0/s1. The third kappa shape index (κ3) is 5.54. The minimum absolute atomic E-state index is 0.0458. The number of carbonyl (C=O) groups excluding carboxylic acids is 1. The zero-order chi connectivity index (χ0) is 16.7. The summed E-state index contributed by atoms with van der Waals surface area (Å²) in [7, 11) is 0. The van der Waals surface area contributed by atoms with E-state index < -0.39 is 17.8 Å². The summed E-state index contributed by atoms with van der Waals surface area (Å²) in [6.07, 6.45) is 0.792. The molecule has 4 nitrogen and oxygen atoms in total. The monoisotopic (exact) mass is 315 g/mol. The number of nitrogens with one attached hydrogen (secondary N) is 1. The van der Waals surface area contributed by atoms with Gasteiger partial charge in [0.1, 0.15) is 11.9 Å². The molecule has 0 aliphatic carbocycles. The molecular formula is C18H18FNO3. The fourth-order valence-electron chi connectivity index (χ4n) is 2.27. The first-order valence-corrected chi connectivity index (χ1v) is 7.35. The lowest BCUT2D eigenvalue weighted by atomic mass is 10.0. The van der Waals surface area contributed by atoms with Gasteiger partial charge in [-0.1, -0.05) is 42.5 Å². The van der Waals surface area contributed by atoms with Gasteiger partial charge in [-0.15, -0.1) is 0 Å². The third-order valence-electron chi connectivity index (χ3n) is 3.45. The number of aliphatic carboxylic acids is 1. The Kier molecular flexibility index (Phi) is 5.86. The number of halogens is 1. The fraction of sp³-hybridized carbons (Fsp3) is 0.222. The van der Waals surface area contributed by atoms with Crippen molar-refractivity contribution >= 4 is 11.9 Å². The highest BCUT2D eigenvalue weighted by Gasteiger charge is 2.20. The highest BCUT2D eigenvalue weighted by atomic mass is 19.1. The van der Waals surface area contributed by atoms with Gasteiger partial charge in [-0.2, -0.15) is 0 Å². The lowest BCUT2D eigenvalue weighted by Crippen LogP contribution is -2.42. The third-order valence-corrected chi connectivity index (χ3v) is 3.45. The van der Waals surface area contributed by atoms with Crippen molar-refractivity contribution in [2.75, 3.05) is 0 Å². The molecule has 2 aromatic carbocycles. The van der Waals surface area contributed by atoms with Gasteiger partial charge in [-0.3, -0.25) is 4.79 Å². The molecule has 0 saturated carbocycles. The number of carboxylic acids is 1. The molecular weight excluding hydrogens is 297 g/mol. The molecule has 1 amide bonds. The number of amides is 1. The van der Waals surface area contributed by atoms with E-state index in [0.717, 1.165) is 5.56 Å². The number of aryl methyl sites for hydroxylation is 1. The van der Waals surface area contributed by atoms with E-state index in [0.29, 0.717) is 12.0 Å². The summed E-state index contributed by atoms with van der Waals surface area (Å²) in [6, 6.07) is 14.1. The van der Waals surface area contributed by atoms with Crippen molar-refractivity contribution in [1.29, 1.82) is 0 Å². The maximum atomic E-state index is 13.2. The first-order valence-electron chi connectivity index (χ1n) is 7.35. The van der Waals surface area contributed by atoms with Gasteiger partial charge in [0.2, 0.25) is 5.91 Å². The SMILES string of the molecule is O=C(CCc1ccccc1)N[C@@H](Cc1cccc(F)c1)C(=O)O. The van der Waals surface area contributed by atoms with Gasteiger partial charge in [-0.05, 0) is 29.7 Å². The van der Waals surface area contributed by atoms with Gasteiger partial charge in [0, 0.05) is 12.8 Å². The summed E-state index contributed by atoms with van der Waals surface area (Å²) in [5.74, 6) is -1.90. The Morgan fingerprint density at radius 2 is 1.74 bits per heavy atom. The van der Waals surface area contributed by atoms with Crippen LogP contribution < -0.4 is 5.32 Å². The van der Waals surface area contributed by atoms with Gasteiger partial charge in [0.25, 0.3) is 0 Å². The molecule has 0 aromatic heterocycles. The van der Waals surface area contributed by atoms with Crippen LogP contribution in [0, 0.1) is 5.82 Å². The van der Waals surface area contributed by atoms with Crippen molar-refractivity contribution in [3.05, 3.63) is 71.5 Å². The molecule has 1 atom stereocenters. The molecule has 0 spiro atoms. The van der Waals surface area contributed by atoms with Crippen LogP contribution >= 0.6 is 0 Å². The average molecular weight is 315 g/mol. The maximum absolute atomic E-state index is 13.2. The van der Waals surface area contributed by atoms with Crippen LogP contribution in [-0.2, 0) is 22.4 Å². The topological polar surface area (TPSA) is 66.4 Å². The highest BCUT2D eigenvalue weighted by Crippen LogP contribution is 2.08. The normalized spacial score (nSPS) is 11.7. The average Bonchev–Trinajstić information content (AvgIpc) is 2.53. The van der Waals surface area contributed by atoms with Crippen LogP contribution in [0.25, 0.3) is 0 Å². The zero-order valence-electron chi connectivity index (χ0n) is 12.5. The first-order chi connectivity index (χ1) is 11.0. The Morgan fingerprint density at radius 3 is 2.39 bits per heavy atom. The molecule has 0 bridgehead atoms. The van der Waals surface area contributed by atoms with Gasteiger partial charge in [0.15, 0.2) is 0 Å². The molecule has 5 heteroatoms. The second-order valence-corrected chi connectivity index (χ2v) is 5.28. The van der Waals surface area contributed by atoms with E-state index in [1.807, 2.05) is 30.3 Å². The molecule has 2 aromatic rings. The van der Waals surface area contributed by atoms with Gasteiger partial charge >= 0.3 is 5.97 Å². The molecule has 0 heterocycles. The lowest BCUT2D eigenvalue weighted by molar-refractivity contribution is -0.141. The van der Waals surface area contributed by atoms with Gasteiger partial charge < -0.3 is 10.4 Å². The molecule has 0 aliphatic heterocycles. The molecule has 120 valence electrons. The minimum Gasteiger partial charge on any atom is -0.480 e. The van der Waals surface area contributed by atoms with Crippen molar-refractivity contribution in [3.63, 3.8) is 0 Å². The Morgan fingerprint density at radius 1 is 1.04 bits per heavy atom. The van der Waals surface area contributed by atoms with Crippen LogP contribution in [-0.4, -0.2) is 23.0 Å². The lowest BCUT2D eigenvalue weighted by Gasteiger charge is -2.14. The molecule has 2 rings (SSSR count). The van der Waals surface area contributed by atoms with Gasteiger partial charge in [-0.25, -0.2) is 9.18 Å². The van der Waals surface area contributed by atoms with Crippen molar-refractivity contribution < 1.29 is 19.1 Å². The Hall–Kier alpha value is -2.69. The number of carbonyl (C=O) groups is 2. The zero-order valence-corrected chi connectivity index (χ0v) is 12.5. The summed E-state index contributed by atoms with van der Waals surface area (Å²) in [4.78, 5) is 23.2. The fourth-order valence-corrected chi connectivity index (χ4v) is 2.27. The molecule has 0 unspecified atom stereocenters. The van der Waals surface area contributed by atoms with Crippen LogP contribution in [0.3, 0.4) is 0 Å². The summed E-state index contributed by atoms with van der Waals surface area (Å²) in [5.41, 5.74) is 1.54. The Balaban J connectivity index is 1.91. The first kappa shape index (κ1) is 16.7. The van der Waals surface area contributed by atoms with Gasteiger partial charge in [0.05, 0.1) is 0 Å². The summed E-state index contributed by atoms with van der Waals surface area (Å²) >= 11 is 0. The second-order valence-electron chi connectivity index (χ2n) is 5.28. The molecule has 23 heavy (non-hydrogen) atoms. The van der Waals surface area contributed by atoms with Crippen molar-refractivity contribution in [2.45, 2.75) is 25.3 Å². The number of rotatable bonds is 7. The smallest absolute Gasteiger partial charge is 0.326 e. The van der Waals surface area contributed by atoms with E-state index >= 15 is 0 Å². The number of carboxylic acid groups (broad SMARTS) is 1.